The minimum atomic E-state index is 0.367. The Hall–Kier alpha value is -0.300. The second-order valence-electron chi connectivity index (χ2n) is 5.64. The SMILES string of the molecule is CCCCCCCCCC/C=C/CCCC(C)N. The van der Waals surface area contributed by atoms with E-state index in [1.807, 2.05) is 0 Å². The fraction of sp³-hybridized carbons (Fsp3) is 0.882. The van der Waals surface area contributed by atoms with Crippen LogP contribution in [0.3, 0.4) is 0 Å². The zero-order valence-corrected chi connectivity index (χ0v) is 12.8. The molecule has 18 heavy (non-hydrogen) atoms. The highest BCUT2D eigenvalue weighted by atomic mass is 14.6. The molecule has 0 aliphatic heterocycles. The molecule has 1 heteroatoms. The molecule has 0 rings (SSSR count). The van der Waals surface area contributed by atoms with Crippen molar-refractivity contribution in [2.75, 3.05) is 0 Å². The number of rotatable bonds is 13. The van der Waals surface area contributed by atoms with E-state index in [0.717, 1.165) is 6.42 Å². The summed E-state index contributed by atoms with van der Waals surface area (Å²) in [5.74, 6) is 0. The van der Waals surface area contributed by atoms with Crippen molar-refractivity contribution >= 4 is 0 Å². The van der Waals surface area contributed by atoms with Gasteiger partial charge in [-0.25, -0.2) is 0 Å². The Kier molecular flexibility index (Phi) is 14.5. The fourth-order valence-electron chi connectivity index (χ4n) is 2.19. The predicted octanol–water partition coefficient (Wildman–Crippen LogP) is 5.59. The number of hydrogen-bond donors (Lipinski definition) is 1. The van der Waals surface area contributed by atoms with E-state index in [1.54, 1.807) is 0 Å². The summed E-state index contributed by atoms with van der Waals surface area (Å²) in [6.45, 7) is 4.37. The summed E-state index contributed by atoms with van der Waals surface area (Å²) in [7, 11) is 0. The Morgan fingerprint density at radius 1 is 0.778 bits per heavy atom. The van der Waals surface area contributed by atoms with Crippen molar-refractivity contribution in [1.29, 1.82) is 0 Å². The van der Waals surface area contributed by atoms with E-state index in [4.69, 9.17) is 5.73 Å². The molecule has 0 aliphatic carbocycles. The van der Waals surface area contributed by atoms with Crippen LogP contribution in [-0.2, 0) is 0 Å². The van der Waals surface area contributed by atoms with Crippen molar-refractivity contribution in [2.24, 2.45) is 5.73 Å². The molecule has 0 saturated heterocycles. The van der Waals surface area contributed by atoms with Gasteiger partial charge in [-0.15, -0.1) is 0 Å². The average molecular weight is 253 g/mol. The van der Waals surface area contributed by atoms with E-state index in [2.05, 4.69) is 26.0 Å². The molecule has 1 nitrogen and oxygen atoms in total. The maximum atomic E-state index is 5.71. The van der Waals surface area contributed by atoms with Gasteiger partial charge >= 0.3 is 0 Å². The van der Waals surface area contributed by atoms with E-state index in [-0.39, 0.29) is 0 Å². The van der Waals surface area contributed by atoms with Crippen molar-refractivity contribution in [3.8, 4) is 0 Å². The van der Waals surface area contributed by atoms with Gasteiger partial charge in [0.25, 0.3) is 0 Å². The molecule has 0 amide bonds. The molecule has 0 saturated carbocycles. The van der Waals surface area contributed by atoms with Crippen molar-refractivity contribution in [2.45, 2.75) is 96.9 Å². The smallest absolute Gasteiger partial charge is 0.00105 e. The van der Waals surface area contributed by atoms with Crippen molar-refractivity contribution in [3.05, 3.63) is 12.2 Å². The second-order valence-corrected chi connectivity index (χ2v) is 5.64. The van der Waals surface area contributed by atoms with Crippen LogP contribution in [-0.4, -0.2) is 6.04 Å². The van der Waals surface area contributed by atoms with Gasteiger partial charge in [0.2, 0.25) is 0 Å². The Morgan fingerprint density at radius 2 is 1.28 bits per heavy atom. The molecular formula is C17H35N. The van der Waals surface area contributed by atoms with Crippen LogP contribution in [0.5, 0.6) is 0 Å². The van der Waals surface area contributed by atoms with E-state index < -0.39 is 0 Å². The number of hydrogen-bond acceptors (Lipinski definition) is 1. The summed E-state index contributed by atoms with van der Waals surface area (Å²) < 4.78 is 0. The van der Waals surface area contributed by atoms with Gasteiger partial charge in [-0.1, -0.05) is 64.0 Å². The molecule has 0 fully saturated rings. The third-order valence-corrected chi connectivity index (χ3v) is 3.42. The molecule has 1 atom stereocenters. The Bertz CT molecular complexity index is 172. The highest BCUT2D eigenvalue weighted by Crippen LogP contribution is 2.10. The summed E-state index contributed by atoms with van der Waals surface area (Å²) >= 11 is 0. The summed E-state index contributed by atoms with van der Waals surface area (Å²) in [5, 5.41) is 0. The van der Waals surface area contributed by atoms with Crippen LogP contribution < -0.4 is 5.73 Å². The number of allylic oxidation sites excluding steroid dienone is 2. The quantitative estimate of drug-likeness (QED) is 0.336. The molecule has 2 N–H and O–H groups in total. The minimum absolute atomic E-state index is 0.367. The van der Waals surface area contributed by atoms with Gasteiger partial charge in [-0.05, 0) is 39.0 Å². The van der Waals surface area contributed by atoms with Crippen molar-refractivity contribution in [1.82, 2.24) is 0 Å². The first kappa shape index (κ1) is 17.7. The summed E-state index contributed by atoms with van der Waals surface area (Å²) in [6, 6.07) is 0.367. The monoisotopic (exact) mass is 253 g/mol. The van der Waals surface area contributed by atoms with E-state index >= 15 is 0 Å². The van der Waals surface area contributed by atoms with Gasteiger partial charge in [-0.3, -0.25) is 0 Å². The molecule has 0 aromatic carbocycles. The van der Waals surface area contributed by atoms with Gasteiger partial charge < -0.3 is 5.73 Å². The highest BCUT2D eigenvalue weighted by molar-refractivity contribution is 4.81. The first-order chi connectivity index (χ1) is 8.77. The Labute approximate surface area is 115 Å². The Balaban J connectivity index is 3.04. The number of unbranched alkanes of at least 4 members (excludes halogenated alkanes) is 9. The average Bonchev–Trinajstić information content (AvgIpc) is 2.34. The van der Waals surface area contributed by atoms with Crippen LogP contribution in [0.4, 0.5) is 0 Å². The van der Waals surface area contributed by atoms with Crippen molar-refractivity contribution < 1.29 is 0 Å². The zero-order valence-electron chi connectivity index (χ0n) is 12.8. The van der Waals surface area contributed by atoms with E-state index in [9.17, 15) is 0 Å². The maximum Gasteiger partial charge on any atom is 0.00105 e. The fourth-order valence-corrected chi connectivity index (χ4v) is 2.19. The van der Waals surface area contributed by atoms with Crippen LogP contribution in [0.1, 0.15) is 90.9 Å². The largest absolute Gasteiger partial charge is 0.328 e. The maximum absolute atomic E-state index is 5.71. The lowest BCUT2D eigenvalue weighted by Crippen LogP contribution is -2.13. The first-order valence-corrected chi connectivity index (χ1v) is 8.18. The second kappa shape index (κ2) is 14.8. The molecule has 0 aromatic rings. The highest BCUT2D eigenvalue weighted by Gasteiger charge is 1.92. The molecular weight excluding hydrogens is 218 g/mol. The predicted molar refractivity (Wildman–Crippen MR) is 83.9 cm³/mol. The Morgan fingerprint density at radius 3 is 1.83 bits per heavy atom. The van der Waals surface area contributed by atoms with Gasteiger partial charge in [0.15, 0.2) is 0 Å². The van der Waals surface area contributed by atoms with E-state index in [0.29, 0.717) is 6.04 Å². The molecule has 0 heterocycles. The van der Waals surface area contributed by atoms with Gasteiger partial charge in [0, 0.05) is 6.04 Å². The minimum Gasteiger partial charge on any atom is -0.328 e. The normalized spacial score (nSPS) is 13.3. The molecule has 0 aromatic heterocycles. The lowest BCUT2D eigenvalue weighted by Gasteiger charge is -2.01. The lowest BCUT2D eigenvalue weighted by molar-refractivity contribution is 0.577. The molecule has 0 bridgehead atoms. The van der Waals surface area contributed by atoms with Crippen LogP contribution in [0.15, 0.2) is 12.2 Å². The molecule has 108 valence electrons. The van der Waals surface area contributed by atoms with Crippen LogP contribution in [0.25, 0.3) is 0 Å². The summed E-state index contributed by atoms with van der Waals surface area (Å²) in [6.07, 6.45) is 20.9. The third kappa shape index (κ3) is 15.7. The summed E-state index contributed by atoms with van der Waals surface area (Å²) in [4.78, 5) is 0. The van der Waals surface area contributed by atoms with Crippen LogP contribution >= 0.6 is 0 Å². The third-order valence-electron chi connectivity index (χ3n) is 3.42. The first-order valence-electron chi connectivity index (χ1n) is 8.18. The van der Waals surface area contributed by atoms with Gasteiger partial charge in [-0.2, -0.15) is 0 Å². The summed E-state index contributed by atoms with van der Waals surface area (Å²) in [5.41, 5.74) is 5.71. The molecule has 0 spiro atoms. The zero-order chi connectivity index (χ0) is 13.5. The standard InChI is InChI=1S/C17H35N/c1-3-4-5-6-7-8-9-10-11-12-13-14-15-16-17(2)18/h12-13,17H,3-11,14-16,18H2,1-2H3/b13-12+. The van der Waals surface area contributed by atoms with Gasteiger partial charge in [0.1, 0.15) is 0 Å². The van der Waals surface area contributed by atoms with Crippen LogP contribution in [0.2, 0.25) is 0 Å². The molecule has 0 aliphatic rings. The van der Waals surface area contributed by atoms with Gasteiger partial charge in [0.05, 0.1) is 0 Å². The molecule has 0 radical (unpaired) electrons. The number of nitrogens with two attached hydrogens (primary N) is 1. The van der Waals surface area contributed by atoms with Crippen molar-refractivity contribution in [3.63, 3.8) is 0 Å². The topological polar surface area (TPSA) is 26.0 Å². The van der Waals surface area contributed by atoms with E-state index in [1.165, 1.54) is 70.6 Å². The van der Waals surface area contributed by atoms with Crippen LogP contribution in [0, 0.1) is 0 Å². The lowest BCUT2D eigenvalue weighted by atomic mass is 10.1. The molecule has 1 unspecified atom stereocenters.